The number of oxime groups is 1. The zero-order chi connectivity index (χ0) is 20.4. The summed E-state index contributed by atoms with van der Waals surface area (Å²) in [5.74, 6) is 0.466. The van der Waals surface area contributed by atoms with E-state index in [1.54, 1.807) is 4.90 Å². The summed E-state index contributed by atoms with van der Waals surface area (Å²) in [6.45, 7) is 7.56. The molecule has 3 aliphatic heterocycles. The minimum Gasteiger partial charge on any atom is -0.386 e. The average Bonchev–Trinajstić information content (AvgIpc) is 3.28. The van der Waals surface area contributed by atoms with Gasteiger partial charge in [-0.2, -0.15) is 0 Å². The van der Waals surface area contributed by atoms with Crippen molar-refractivity contribution < 1.29 is 14.4 Å². The highest BCUT2D eigenvalue weighted by atomic mass is 16.7. The Hall–Kier alpha value is -2.91. The van der Waals surface area contributed by atoms with Gasteiger partial charge in [-0.15, -0.1) is 0 Å². The van der Waals surface area contributed by atoms with Crippen LogP contribution in [0.4, 0.5) is 10.7 Å². The Labute approximate surface area is 169 Å². The van der Waals surface area contributed by atoms with Gasteiger partial charge in [0, 0.05) is 50.5 Å². The Morgan fingerprint density at radius 2 is 2.10 bits per heavy atom. The molecule has 0 saturated carbocycles. The molecule has 0 bridgehead atoms. The summed E-state index contributed by atoms with van der Waals surface area (Å²) in [4.78, 5) is 42.7. The third-order valence-corrected chi connectivity index (χ3v) is 5.51. The normalized spacial score (nSPS) is 23.8. The van der Waals surface area contributed by atoms with Crippen LogP contribution in [0.25, 0.3) is 0 Å². The van der Waals surface area contributed by atoms with Crippen LogP contribution in [0.1, 0.15) is 30.7 Å². The van der Waals surface area contributed by atoms with E-state index in [0.29, 0.717) is 50.8 Å². The number of aryl methyl sites for hydroxylation is 2. The molecule has 0 unspecified atom stereocenters. The van der Waals surface area contributed by atoms with Gasteiger partial charge in [0.15, 0.2) is 5.60 Å². The molecule has 1 aromatic rings. The molecule has 3 amide bonds. The molecule has 156 valence electrons. The number of nitrogens with zero attached hydrogens (tertiary/aromatic N) is 5. The topological polar surface area (TPSA) is 112 Å². The first-order chi connectivity index (χ1) is 13.9. The smallest absolute Gasteiger partial charge is 0.317 e. The Morgan fingerprint density at radius 3 is 2.83 bits per heavy atom. The summed E-state index contributed by atoms with van der Waals surface area (Å²) in [6, 6.07) is 1.86. The van der Waals surface area contributed by atoms with E-state index in [9.17, 15) is 9.59 Å². The van der Waals surface area contributed by atoms with Gasteiger partial charge in [0.25, 0.3) is 5.91 Å². The van der Waals surface area contributed by atoms with E-state index >= 15 is 0 Å². The summed E-state index contributed by atoms with van der Waals surface area (Å²) in [5.41, 5.74) is 1.75. The molecule has 10 nitrogen and oxygen atoms in total. The predicted molar refractivity (Wildman–Crippen MR) is 107 cm³/mol. The van der Waals surface area contributed by atoms with Crippen molar-refractivity contribution in [3.63, 3.8) is 0 Å². The van der Waals surface area contributed by atoms with Crippen LogP contribution in [0.3, 0.4) is 0 Å². The van der Waals surface area contributed by atoms with Crippen LogP contribution in [-0.2, 0) is 9.63 Å². The lowest BCUT2D eigenvalue weighted by Gasteiger charge is -2.38. The van der Waals surface area contributed by atoms with E-state index in [1.165, 1.54) is 0 Å². The van der Waals surface area contributed by atoms with Crippen LogP contribution >= 0.6 is 0 Å². The first kappa shape index (κ1) is 19.4. The molecule has 0 aromatic carbocycles. The third kappa shape index (κ3) is 4.25. The second kappa shape index (κ2) is 7.84. The van der Waals surface area contributed by atoms with Crippen LogP contribution in [0.15, 0.2) is 11.2 Å². The molecule has 1 atom stereocenters. The van der Waals surface area contributed by atoms with Crippen LogP contribution < -0.4 is 15.5 Å². The molecule has 0 aliphatic carbocycles. The van der Waals surface area contributed by atoms with Gasteiger partial charge in [0.1, 0.15) is 5.71 Å². The lowest BCUT2D eigenvalue weighted by molar-refractivity contribution is -0.114. The van der Waals surface area contributed by atoms with Crippen LogP contribution in [0.2, 0.25) is 0 Å². The first-order valence-electron chi connectivity index (χ1n) is 10.1. The molecule has 2 N–H and O–H groups in total. The Kier molecular flexibility index (Phi) is 5.25. The molecular weight excluding hydrogens is 374 g/mol. The number of rotatable bonds is 5. The van der Waals surface area contributed by atoms with E-state index in [2.05, 4.69) is 30.7 Å². The van der Waals surface area contributed by atoms with Crippen molar-refractivity contribution in [3.8, 4) is 0 Å². The lowest BCUT2D eigenvalue weighted by atomic mass is 9.88. The minimum atomic E-state index is -0.513. The zero-order valence-electron chi connectivity index (χ0n) is 16.9. The summed E-state index contributed by atoms with van der Waals surface area (Å²) < 4.78 is 0. The van der Waals surface area contributed by atoms with Crippen molar-refractivity contribution in [1.29, 1.82) is 0 Å². The van der Waals surface area contributed by atoms with Gasteiger partial charge in [0.2, 0.25) is 5.95 Å². The van der Waals surface area contributed by atoms with Gasteiger partial charge in [-0.05, 0) is 32.8 Å². The van der Waals surface area contributed by atoms with Crippen LogP contribution in [0.5, 0.6) is 0 Å². The zero-order valence-corrected chi connectivity index (χ0v) is 16.9. The van der Waals surface area contributed by atoms with Gasteiger partial charge in [-0.25, -0.2) is 14.8 Å². The summed E-state index contributed by atoms with van der Waals surface area (Å²) in [6.07, 6.45) is 2.22. The fourth-order valence-electron chi connectivity index (χ4n) is 4.11. The molecule has 2 saturated heterocycles. The lowest BCUT2D eigenvalue weighted by Crippen LogP contribution is -2.49. The molecule has 0 radical (unpaired) electrons. The minimum absolute atomic E-state index is 0.0874. The Balaban J connectivity index is 1.32. The highest BCUT2D eigenvalue weighted by Gasteiger charge is 2.45. The SMILES string of the molecule is Cc1cc(C)nc(N2CCC[C@]3(CC(C(=O)NCCN4CCNC4=O)=NO3)C2)n1. The summed E-state index contributed by atoms with van der Waals surface area (Å²) in [7, 11) is 0. The fraction of sp³-hybridized carbons (Fsp3) is 0.632. The van der Waals surface area contributed by atoms with Crippen molar-refractivity contribution in [1.82, 2.24) is 25.5 Å². The molecular formula is C19H27N7O3. The maximum absolute atomic E-state index is 12.5. The first-order valence-corrected chi connectivity index (χ1v) is 10.1. The maximum Gasteiger partial charge on any atom is 0.317 e. The standard InChI is InChI=1S/C19H27N7O3/c1-13-10-14(2)23-17(22-13)26-7-3-4-19(12-26)11-15(24-29-19)16(27)20-5-8-25-9-6-21-18(25)28/h10H,3-9,11-12H2,1-2H3,(H,20,27)(H,21,28)/t19-/m0/s1. The number of piperidine rings is 1. The number of nitrogens with one attached hydrogen (secondary N) is 2. The quantitative estimate of drug-likeness (QED) is 0.736. The number of hydrogen-bond donors (Lipinski definition) is 2. The number of anilines is 1. The van der Waals surface area contributed by atoms with Gasteiger partial charge >= 0.3 is 6.03 Å². The third-order valence-electron chi connectivity index (χ3n) is 5.51. The van der Waals surface area contributed by atoms with Crippen LogP contribution in [-0.4, -0.2) is 77.4 Å². The Bertz CT molecular complexity index is 823. The van der Waals surface area contributed by atoms with Crippen LogP contribution in [0, 0.1) is 13.8 Å². The van der Waals surface area contributed by atoms with Gasteiger partial charge in [0.05, 0.1) is 6.54 Å². The number of carbonyl (C=O) groups is 2. The number of carbonyl (C=O) groups excluding carboxylic acids is 2. The van der Waals surface area contributed by atoms with Crippen molar-refractivity contribution >= 4 is 23.6 Å². The van der Waals surface area contributed by atoms with E-state index in [1.807, 2.05) is 19.9 Å². The highest BCUT2D eigenvalue weighted by molar-refractivity contribution is 6.39. The number of hydrogen-bond acceptors (Lipinski definition) is 7. The second-order valence-electron chi connectivity index (χ2n) is 7.94. The molecule has 1 aromatic heterocycles. The van der Waals surface area contributed by atoms with Gasteiger partial charge in [-0.3, -0.25) is 4.79 Å². The molecule has 3 aliphatic rings. The molecule has 1 spiro atoms. The summed E-state index contributed by atoms with van der Waals surface area (Å²) in [5, 5.41) is 9.67. The number of aromatic nitrogens is 2. The molecule has 4 rings (SSSR count). The number of urea groups is 1. The molecule has 2 fully saturated rings. The Morgan fingerprint density at radius 1 is 1.31 bits per heavy atom. The fourth-order valence-corrected chi connectivity index (χ4v) is 4.11. The maximum atomic E-state index is 12.5. The van der Waals surface area contributed by atoms with Crippen molar-refractivity contribution in [2.24, 2.45) is 5.16 Å². The molecule has 10 heteroatoms. The van der Waals surface area contributed by atoms with Crippen molar-refractivity contribution in [2.75, 3.05) is 44.2 Å². The van der Waals surface area contributed by atoms with Gasteiger partial charge in [-0.1, -0.05) is 5.16 Å². The average molecular weight is 401 g/mol. The predicted octanol–water partition coefficient (Wildman–Crippen LogP) is 0.350. The van der Waals surface area contributed by atoms with Gasteiger partial charge < -0.3 is 25.3 Å². The highest BCUT2D eigenvalue weighted by Crippen LogP contribution is 2.34. The largest absolute Gasteiger partial charge is 0.386 e. The van der Waals surface area contributed by atoms with Crippen molar-refractivity contribution in [3.05, 3.63) is 17.5 Å². The van der Waals surface area contributed by atoms with E-state index in [4.69, 9.17) is 4.84 Å². The summed E-state index contributed by atoms with van der Waals surface area (Å²) >= 11 is 0. The molecule has 29 heavy (non-hydrogen) atoms. The second-order valence-corrected chi connectivity index (χ2v) is 7.94. The van der Waals surface area contributed by atoms with E-state index in [0.717, 1.165) is 30.8 Å². The molecule has 4 heterocycles. The monoisotopic (exact) mass is 401 g/mol. The van der Waals surface area contributed by atoms with E-state index < -0.39 is 5.60 Å². The van der Waals surface area contributed by atoms with Crippen molar-refractivity contribution in [2.45, 2.75) is 38.7 Å². The van der Waals surface area contributed by atoms with E-state index in [-0.39, 0.29) is 11.9 Å². The number of amides is 3.